The summed E-state index contributed by atoms with van der Waals surface area (Å²) < 4.78 is 0.967. The predicted molar refractivity (Wildman–Crippen MR) is 70.4 cm³/mol. The van der Waals surface area contributed by atoms with Gasteiger partial charge < -0.3 is 5.73 Å². The van der Waals surface area contributed by atoms with E-state index in [1.54, 1.807) is 6.20 Å². The summed E-state index contributed by atoms with van der Waals surface area (Å²) in [5, 5.41) is 0. The molecule has 2 N–H and O–H groups in total. The quantitative estimate of drug-likeness (QED) is 0.586. The largest absolute Gasteiger partial charge is 0.404 e. The van der Waals surface area contributed by atoms with E-state index in [2.05, 4.69) is 27.6 Å². The molecule has 1 aliphatic carbocycles. The van der Waals surface area contributed by atoms with Gasteiger partial charge in [0.15, 0.2) is 0 Å². The van der Waals surface area contributed by atoms with Crippen LogP contribution in [0.4, 0.5) is 0 Å². The second-order valence-corrected chi connectivity index (χ2v) is 4.06. The Hall–Kier alpha value is -0.840. The lowest BCUT2D eigenvalue weighted by atomic mass is 10.0. The summed E-state index contributed by atoms with van der Waals surface area (Å²) in [6.45, 7) is 4.00. The van der Waals surface area contributed by atoms with Gasteiger partial charge in [0, 0.05) is 11.8 Å². The Bertz CT molecular complexity index is 371. The van der Waals surface area contributed by atoms with Crippen molar-refractivity contribution in [2.24, 2.45) is 10.7 Å². The summed E-state index contributed by atoms with van der Waals surface area (Å²) in [6, 6.07) is 0. The molecule has 0 fully saturated rings. The summed E-state index contributed by atoms with van der Waals surface area (Å²) in [5.41, 5.74) is 8.61. The van der Waals surface area contributed by atoms with Crippen LogP contribution in [0.25, 0.3) is 0 Å². The van der Waals surface area contributed by atoms with E-state index in [1.165, 1.54) is 5.57 Å². The van der Waals surface area contributed by atoms with Gasteiger partial charge in [0.25, 0.3) is 0 Å². The molecule has 0 saturated carbocycles. The first-order valence-electron chi connectivity index (χ1n) is 4.36. The molecule has 0 bridgehead atoms. The smallest absolute Gasteiger partial charge is 0.0974 e. The Balaban J connectivity index is 3.04. The van der Waals surface area contributed by atoms with E-state index in [0.717, 1.165) is 15.0 Å². The van der Waals surface area contributed by atoms with Crippen LogP contribution in [-0.2, 0) is 0 Å². The van der Waals surface area contributed by atoms with Crippen LogP contribution in [0, 0.1) is 0 Å². The fourth-order valence-electron chi connectivity index (χ4n) is 1.09. The standard InChI is InChI=1S/C11H13IN2/c1-3-11(12)14-10-5-4-8(2)6-9(10)7-13/h3-7H,13H2,1-2H3/b9-7-,11-3-,14-10-. The van der Waals surface area contributed by atoms with Crippen molar-refractivity contribution in [3.05, 3.63) is 45.4 Å². The van der Waals surface area contributed by atoms with Gasteiger partial charge in [0.2, 0.25) is 0 Å². The van der Waals surface area contributed by atoms with E-state index in [0.29, 0.717) is 0 Å². The zero-order chi connectivity index (χ0) is 10.6. The second-order valence-electron chi connectivity index (χ2n) is 2.95. The van der Waals surface area contributed by atoms with E-state index in [4.69, 9.17) is 5.73 Å². The van der Waals surface area contributed by atoms with Crippen LogP contribution in [0.3, 0.4) is 0 Å². The van der Waals surface area contributed by atoms with Crippen LogP contribution in [-0.4, -0.2) is 5.71 Å². The van der Waals surface area contributed by atoms with Crippen molar-refractivity contribution >= 4 is 28.3 Å². The van der Waals surface area contributed by atoms with Crippen LogP contribution in [0.5, 0.6) is 0 Å². The van der Waals surface area contributed by atoms with Crippen molar-refractivity contribution < 1.29 is 0 Å². The minimum atomic E-state index is 0.917. The van der Waals surface area contributed by atoms with E-state index in [1.807, 2.05) is 38.2 Å². The highest BCUT2D eigenvalue weighted by Crippen LogP contribution is 2.16. The second kappa shape index (κ2) is 5.14. The van der Waals surface area contributed by atoms with Crippen LogP contribution < -0.4 is 5.73 Å². The van der Waals surface area contributed by atoms with Gasteiger partial charge in [-0.15, -0.1) is 0 Å². The van der Waals surface area contributed by atoms with Gasteiger partial charge in [-0.05, 0) is 48.6 Å². The Kier molecular flexibility index (Phi) is 4.13. The van der Waals surface area contributed by atoms with Gasteiger partial charge in [-0.25, -0.2) is 4.99 Å². The van der Waals surface area contributed by atoms with Crippen molar-refractivity contribution in [1.29, 1.82) is 0 Å². The highest BCUT2D eigenvalue weighted by molar-refractivity contribution is 14.1. The predicted octanol–water partition coefficient (Wildman–Crippen LogP) is 3.08. The summed E-state index contributed by atoms with van der Waals surface area (Å²) in [4.78, 5) is 4.43. The van der Waals surface area contributed by atoms with Crippen molar-refractivity contribution in [2.75, 3.05) is 0 Å². The number of rotatable bonds is 1. The zero-order valence-electron chi connectivity index (χ0n) is 8.29. The Morgan fingerprint density at radius 3 is 2.79 bits per heavy atom. The number of nitrogens with zero attached hydrogens (tertiary/aromatic N) is 1. The molecular weight excluding hydrogens is 287 g/mol. The van der Waals surface area contributed by atoms with Crippen molar-refractivity contribution in [2.45, 2.75) is 13.8 Å². The summed E-state index contributed by atoms with van der Waals surface area (Å²) in [5.74, 6) is 0. The van der Waals surface area contributed by atoms with E-state index < -0.39 is 0 Å². The van der Waals surface area contributed by atoms with Crippen molar-refractivity contribution in [3.8, 4) is 0 Å². The normalized spacial score (nSPS) is 23.1. The molecule has 0 aromatic heterocycles. The van der Waals surface area contributed by atoms with Crippen molar-refractivity contribution in [3.63, 3.8) is 0 Å². The molecule has 2 nitrogen and oxygen atoms in total. The molecule has 0 aromatic rings. The molecule has 0 aliphatic heterocycles. The molecule has 1 rings (SSSR count). The Morgan fingerprint density at radius 2 is 2.21 bits per heavy atom. The third-order valence-corrected chi connectivity index (χ3v) is 2.69. The van der Waals surface area contributed by atoms with E-state index in [-0.39, 0.29) is 0 Å². The topological polar surface area (TPSA) is 38.4 Å². The van der Waals surface area contributed by atoms with Crippen LogP contribution in [0.1, 0.15) is 13.8 Å². The number of hydrogen-bond acceptors (Lipinski definition) is 2. The first kappa shape index (κ1) is 11.2. The third kappa shape index (κ3) is 2.83. The third-order valence-electron chi connectivity index (χ3n) is 1.83. The molecule has 0 radical (unpaired) electrons. The number of hydrogen-bond donors (Lipinski definition) is 1. The minimum absolute atomic E-state index is 0.917. The van der Waals surface area contributed by atoms with Gasteiger partial charge >= 0.3 is 0 Å². The maximum atomic E-state index is 5.53. The van der Waals surface area contributed by atoms with Crippen LogP contribution >= 0.6 is 22.6 Å². The summed E-state index contributed by atoms with van der Waals surface area (Å²) in [6.07, 6.45) is 9.59. The average molecular weight is 300 g/mol. The maximum Gasteiger partial charge on any atom is 0.0974 e. The molecule has 0 heterocycles. The lowest BCUT2D eigenvalue weighted by molar-refractivity contribution is 1.42. The lowest BCUT2D eigenvalue weighted by Gasteiger charge is -2.08. The van der Waals surface area contributed by atoms with E-state index in [9.17, 15) is 0 Å². The Morgan fingerprint density at radius 1 is 1.50 bits per heavy atom. The molecule has 1 aliphatic rings. The van der Waals surface area contributed by atoms with Gasteiger partial charge in [0.1, 0.15) is 0 Å². The highest BCUT2D eigenvalue weighted by atomic mass is 127. The fourth-order valence-corrected chi connectivity index (χ4v) is 1.35. The SMILES string of the molecule is C\C=C(I)/N=C1/C=CC(C)=C/C1=C/N. The van der Waals surface area contributed by atoms with Crippen LogP contribution in [0.2, 0.25) is 0 Å². The van der Waals surface area contributed by atoms with Gasteiger partial charge in [-0.2, -0.15) is 0 Å². The Labute approximate surface area is 98.1 Å². The number of aliphatic imine (C=N–C) groups is 1. The first-order valence-corrected chi connectivity index (χ1v) is 5.44. The van der Waals surface area contributed by atoms with Gasteiger partial charge in [-0.3, -0.25) is 0 Å². The number of halogens is 1. The molecule has 14 heavy (non-hydrogen) atoms. The molecule has 74 valence electrons. The number of nitrogens with two attached hydrogens (primary N) is 1. The monoisotopic (exact) mass is 300 g/mol. The maximum absolute atomic E-state index is 5.53. The molecule has 0 aromatic carbocycles. The molecule has 0 amide bonds. The molecule has 3 heteroatoms. The summed E-state index contributed by atoms with van der Waals surface area (Å²) in [7, 11) is 0. The zero-order valence-corrected chi connectivity index (χ0v) is 10.4. The molecule has 0 saturated heterocycles. The minimum Gasteiger partial charge on any atom is -0.404 e. The first-order chi connectivity index (χ1) is 6.67. The fraction of sp³-hybridized carbons (Fsp3) is 0.182. The molecular formula is C11H13IN2. The average Bonchev–Trinajstić information content (AvgIpc) is 2.20. The molecule has 0 unspecified atom stereocenters. The molecule has 0 spiro atoms. The van der Waals surface area contributed by atoms with Gasteiger partial charge in [0.05, 0.1) is 9.42 Å². The molecule has 0 atom stereocenters. The summed E-state index contributed by atoms with van der Waals surface area (Å²) >= 11 is 2.19. The highest BCUT2D eigenvalue weighted by Gasteiger charge is 2.05. The lowest BCUT2D eigenvalue weighted by Crippen LogP contribution is -2.04. The van der Waals surface area contributed by atoms with E-state index >= 15 is 0 Å². The van der Waals surface area contributed by atoms with Crippen molar-refractivity contribution in [1.82, 2.24) is 0 Å². The number of allylic oxidation sites excluding steroid dienone is 6. The van der Waals surface area contributed by atoms with Crippen LogP contribution in [0.15, 0.2) is 50.3 Å². The van der Waals surface area contributed by atoms with Gasteiger partial charge in [-0.1, -0.05) is 17.7 Å².